The average molecular weight is 482 g/mol. The second kappa shape index (κ2) is 10.6. The molecule has 0 aliphatic carbocycles. The molecule has 1 aliphatic heterocycles. The molecule has 5 heteroatoms. The molecule has 0 radical (unpaired) electrons. The Hall–Kier alpha value is -3.60. The number of fused-ring (bicyclic) bond motifs is 1. The van der Waals surface area contributed by atoms with Crippen molar-refractivity contribution in [1.82, 2.24) is 9.55 Å². The van der Waals surface area contributed by atoms with Gasteiger partial charge in [0.25, 0.3) is 0 Å². The molecule has 3 aromatic carbocycles. The van der Waals surface area contributed by atoms with Crippen molar-refractivity contribution in [2.75, 3.05) is 18.1 Å². The zero-order valence-corrected chi connectivity index (χ0v) is 21.5. The quantitative estimate of drug-likeness (QED) is 0.271. The van der Waals surface area contributed by atoms with Gasteiger partial charge in [-0.25, -0.2) is 4.98 Å². The fourth-order valence-electron chi connectivity index (χ4n) is 5.26. The van der Waals surface area contributed by atoms with Crippen molar-refractivity contribution < 1.29 is 9.53 Å². The third-order valence-electron chi connectivity index (χ3n) is 7.21. The maximum atomic E-state index is 13.1. The molecule has 0 N–H and O–H groups in total. The number of aromatic nitrogens is 2. The van der Waals surface area contributed by atoms with Crippen molar-refractivity contribution in [2.45, 2.75) is 58.9 Å². The third kappa shape index (κ3) is 4.88. The fourth-order valence-corrected chi connectivity index (χ4v) is 5.26. The van der Waals surface area contributed by atoms with Crippen LogP contribution in [0.25, 0.3) is 11.0 Å². The van der Waals surface area contributed by atoms with E-state index in [2.05, 4.69) is 73.9 Å². The van der Waals surface area contributed by atoms with Gasteiger partial charge in [-0.2, -0.15) is 0 Å². The topological polar surface area (TPSA) is 47.4 Å². The molecule has 1 fully saturated rings. The summed E-state index contributed by atoms with van der Waals surface area (Å²) in [4.78, 5) is 20.0. The van der Waals surface area contributed by atoms with Crippen LogP contribution in [-0.4, -0.2) is 28.6 Å². The molecule has 0 saturated carbocycles. The van der Waals surface area contributed by atoms with E-state index in [9.17, 15) is 4.79 Å². The van der Waals surface area contributed by atoms with Crippen LogP contribution >= 0.6 is 0 Å². The Labute approximate surface area is 213 Å². The number of unbranched alkanes of at least 4 members (excludes halogenated alkanes) is 1. The SMILES string of the molecule is CCCCc1ccc(N2CC(c3nc4ccccc4n3CCOc3c(C)cccc3C)CC2=O)cc1. The predicted molar refractivity (Wildman–Crippen MR) is 146 cm³/mol. The van der Waals surface area contributed by atoms with Crippen LogP contribution in [0.2, 0.25) is 0 Å². The van der Waals surface area contributed by atoms with E-state index in [0.29, 0.717) is 26.1 Å². The van der Waals surface area contributed by atoms with Crippen LogP contribution in [0.15, 0.2) is 66.7 Å². The molecule has 1 saturated heterocycles. The molecular formula is C31H35N3O2. The highest BCUT2D eigenvalue weighted by atomic mass is 16.5. The van der Waals surface area contributed by atoms with E-state index in [0.717, 1.165) is 45.8 Å². The predicted octanol–water partition coefficient (Wildman–Crippen LogP) is 6.60. The number of hydrogen-bond donors (Lipinski definition) is 0. The summed E-state index contributed by atoms with van der Waals surface area (Å²) in [5, 5.41) is 0. The van der Waals surface area contributed by atoms with E-state index in [-0.39, 0.29) is 11.8 Å². The molecule has 36 heavy (non-hydrogen) atoms. The van der Waals surface area contributed by atoms with Gasteiger partial charge in [0.15, 0.2) is 0 Å². The van der Waals surface area contributed by atoms with E-state index in [1.165, 1.54) is 18.4 Å². The van der Waals surface area contributed by atoms with Gasteiger partial charge in [0.1, 0.15) is 18.2 Å². The number of nitrogens with zero attached hydrogens (tertiary/aromatic N) is 3. The Kier molecular flexibility index (Phi) is 7.08. The van der Waals surface area contributed by atoms with Crippen molar-refractivity contribution in [3.8, 4) is 5.75 Å². The number of amides is 1. The number of hydrogen-bond acceptors (Lipinski definition) is 3. The van der Waals surface area contributed by atoms with Crippen LogP contribution in [0.1, 0.15) is 54.6 Å². The van der Waals surface area contributed by atoms with E-state index >= 15 is 0 Å². The number of benzene rings is 3. The van der Waals surface area contributed by atoms with Crippen LogP contribution in [0.4, 0.5) is 5.69 Å². The number of carbonyl (C=O) groups is 1. The summed E-state index contributed by atoms with van der Waals surface area (Å²) < 4.78 is 8.48. The maximum Gasteiger partial charge on any atom is 0.227 e. The Morgan fingerprint density at radius 1 is 0.972 bits per heavy atom. The van der Waals surface area contributed by atoms with Crippen molar-refractivity contribution in [3.05, 3.63) is 89.2 Å². The Balaban J connectivity index is 1.36. The standard InChI is InChI=1S/C31H35N3O2/c1-4-5-11-24-14-16-26(17-15-24)34-21-25(20-29(34)35)31-32-27-12-6-7-13-28(27)33(31)18-19-36-30-22(2)9-8-10-23(30)3/h6-10,12-17,25H,4-5,11,18-21H2,1-3H3. The summed E-state index contributed by atoms with van der Waals surface area (Å²) in [7, 11) is 0. The lowest BCUT2D eigenvalue weighted by Crippen LogP contribution is -2.24. The Morgan fingerprint density at radius 2 is 1.72 bits per heavy atom. The smallest absolute Gasteiger partial charge is 0.227 e. The first-order valence-electron chi connectivity index (χ1n) is 13.1. The first-order valence-corrected chi connectivity index (χ1v) is 13.1. The number of carbonyl (C=O) groups excluding carboxylic acids is 1. The minimum Gasteiger partial charge on any atom is -0.491 e. The van der Waals surface area contributed by atoms with E-state index in [4.69, 9.17) is 9.72 Å². The molecule has 5 nitrogen and oxygen atoms in total. The number of ether oxygens (including phenoxy) is 1. The monoisotopic (exact) mass is 481 g/mol. The van der Waals surface area contributed by atoms with Gasteiger partial charge in [-0.15, -0.1) is 0 Å². The molecular weight excluding hydrogens is 446 g/mol. The first kappa shape index (κ1) is 24.1. The Morgan fingerprint density at radius 3 is 2.47 bits per heavy atom. The van der Waals surface area contributed by atoms with Gasteiger partial charge in [0, 0.05) is 24.6 Å². The molecule has 186 valence electrons. The summed E-state index contributed by atoms with van der Waals surface area (Å²) in [6.45, 7) is 8.24. The number of anilines is 1. The van der Waals surface area contributed by atoms with Crippen molar-refractivity contribution in [1.29, 1.82) is 0 Å². The van der Waals surface area contributed by atoms with Crippen LogP contribution in [0.3, 0.4) is 0 Å². The van der Waals surface area contributed by atoms with Gasteiger partial charge in [0.05, 0.1) is 17.6 Å². The van der Waals surface area contributed by atoms with Crippen LogP contribution in [0, 0.1) is 13.8 Å². The lowest BCUT2D eigenvalue weighted by atomic mass is 10.1. The fraction of sp³-hybridized carbons (Fsp3) is 0.355. The van der Waals surface area contributed by atoms with Gasteiger partial charge in [-0.1, -0.05) is 55.8 Å². The first-order chi connectivity index (χ1) is 17.5. The van der Waals surface area contributed by atoms with Crippen LogP contribution < -0.4 is 9.64 Å². The lowest BCUT2D eigenvalue weighted by molar-refractivity contribution is -0.117. The molecule has 2 heterocycles. The van der Waals surface area contributed by atoms with Gasteiger partial charge in [0.2, 0.25) is 5.91 Å². The van der Waals surface area contributed by atoms with Gasteiger partial charge < -0.3 is 14.2 Å². The van der Waals surface area contributed by atoms with Crippen molar-refractivity contribution in [3.63, 3.8) is 0 Å². The van der Waals surface area contributed by atoms with Crippen molar-refractivity contribution in [2.24, 2.45) is 0 Å². The van der Waals surface area contributed by atoms with Gasteiger partial charge in [-0.3, -0.25) is 4.79 Å². The molecule has 0 bridgehead atoms. The summed E-state index contributed by atoms with van der Waals surface area (Å²) in [5.41, 5.74) is 6.64. The van der Waals surface area contributed by atoms with E-state index < -0.39 is 0 Å². The molecule has 1 aliphatic rings. The molecule has 1 aromatic heterocycles. The highest BCUT2D eigenvalue weighted by molar-refractivity contribution is 5.96. The zero-order valence-electron chi connectivity index (χ0n) is 21.5. The van der Waals surface area contributed by atoms with E-state index in [1.54, 1.807) is 0 Å². The molecule has 0 spiro atoms. The third-order valence-corrected chi connectivity index (χ3v) is 7.21. The molecule has 1 unspecified atom stereocenters. The molecule has 1 atom stereocenters. The zero-order chi connectivity index (χ0) is 25.1. The second-order valence-corrected chi connectivity index (χ2v) is 9.86. The summed E-state index contributed by atoms with van der Waals surface area (Å²) in [5.74, 6) is 2.13. The van der Waals surface area contributed by atoms with Crippen LogP contribution in [-0.2, 0) is 17.8 Å². The summed E-state index contributed by atoms with van der Waals surface area (Å²) >= 11 is 0. The maximum absolute atomic E-state index is 13.1. The average Bonchev–Trinajstić information content (AvgIpc) is 3.45. The summed E-state index contributed by atoms with van der Waals surface area (Å²) in [6, 6.07) is 22.9. The van der Waals surface area contributed by atoms with Crippen LogP contribution in [0.5, 0.6) is 5.75 Å². The number of rotatable bonds is 9. The Bertz CT molecular complexity index is 1340. The minimum absolute atomic E-state index is 0.0462. The molecule has 4 aromatic rings. The molecule has 1 amide bonds. The van der Waals surface area contributed by atoms with E-state index in [1.807, 2.05) is 23.1 Å². The second-order valence-electron chi connectivity index (χ2n) is 9.86. The highest BCUT2D eigenvalue weighted by Crippen LogP contribution is 2.33. The van der Waals surface area contributed by atoms with Gasteiger partial charge in [-0.05, 0) is 67.6 Å². The minimum atomic E-state index is 0.0462. The molecule has 5 rings (SSSR count). The summed E-state index contributed by atoms with van der Waals surface area (Å²) in [6.07, 6.45) is 3.93. The normalized spacial score (nSPS) is 15.7. The number of imidazole rings is 1. The van der Waals surface area contributed by atoms with Crippen molar-refractivity contribution >= 4 is 22.6 Å². The number of aryl methyl sites for hydroxylation is 3. The largest absolute Gasteiger partial charge is 0.491 e. The van der Waals surface area contributed by atoms with Gasteiger partial charge >= 0.3 is 0 Å². The number of para-hydroxylation sites is 3. The highest BCUT2D eigenvalue weighted by Gasteiger charge is 2.34. The lowest BCUT2D eigenvalue weighted by Gasteiger charge is -2.18.